The quantitative estimate of drug-likeness (QED) is 0.496. The molecule has 0 amide bonds. The van der Waals surface area contributed by atoms with Gasteiger partial charge in [-0.15, -0.1) is 0 Å². The van der Waals surface area contributed by atoms with Gasteiger partial charge in [0.05, 0.1) is 6.10 Å². The van der Waals surface area contributed by atoms with Gasteiger partial charge in [-0.05, 0) is 13.3 Å². The number of aromatic amines is 1. The third-order valence-corrected chi connectivity index (χ3v) is 5.38. The number of nitrogens with one attached hydrogen (secondary N) is 1. The van der Waals surface area contributed by atoms with E-state index in [0.29, 0.717) is 28.6 Å². The number of hydrogen-bond donors (Lipinski definition) is 2. The van der Waals surface area contributed by atoms with E-state index in [0.717, 1.165) is 12.8 Å². The number of nitrogens with zero attached hydrogens (tertiary/aromatic N) is 3. The molecule has 2 rings (SSSR count). The zero-order chi connectivity index (χ0) is 18.4. The van der Waals surface area contributed by atoms with Gasteiger partial charge in [-0.2, -0.15) is 0 Å². The summed E-state index contributed by atoms with van der Waals surface area (Å²) >= 11 is 1.41. The van der Waals surface area contributed by atoms with Gasteiger partial charge in [0.2, 0.25) is 0 Å². The number of imidazole rings is 1. The Labute approximate surface area is 151 Å². The van der Waals surface area contributed by atoms with E-state index >= 15 is 0 Å². The highest BCUT2D eigenvalue weighted by molar-refractivity contribution is 7.99. The average Bonchev–Trinajstić information content (AvgIpc) is 2.93. The molecule has 0 saturated carbocycles. The van der Waals surface area contributed by atoms with Gasteiger partial charge in [0, 0.05) is 19.3 Å². The summed E-state index contributed by atoms with van der Waals surface area (Å²) in [5.74, 6) is 0.492. The lowest BCUT2D eigenvalue weighted by Crippen LogP contribution is -2.29. The first kappa shape index (κ1) is 19.8. The van der Waals surface area contributed by atoms with Gasteiger partial charge in [0.25, 0.3) is 5.56 Å². The molecule has 2 N–H and O–H groups in total. The standard InChI is InChI=1S/C17H28N4O3S/c1-4-5-6-7-8-9-10-21-13-14(18-17(21)25-11-12(2)22)20(3)16(24)19-15(13)23/h12,22H,4-11H2,1-3H3,(H,19,23,24). The maximum atomic E-state index is 12.3. The van der Waals surface area contributed by atoms with Crippen molar-refractivity contribution in [2.45, 2.75) is 70.2 Å². The number of unbranched alkanes of at least 4 members (excludes halogenated alkanes) is 5. The summed E-state index contributed by atoms with van der Waals surface area (Å²) in [7, 11) is 1.60. The van der Waals surface area contributed by atoms with Crippen LogP contribution in [0.3, 0.4) is 0 Å². The van der Waals surface area contributed by atoms with Crippen molar-refractivity contribution in [1.29, 1.82) is 0 Å². The molecule has 2 heterocycles. The van der Waals surface area contributed by atoms with E-state index in [9.17, 15) is 14.7 Å². The van der Waals surface area contributed by atoms with E-state index in [4.69, 9.17) is 0 Å². The average molecular weight is 369 g/mol. The predicted molar refractivity (Wildman–Crippen MR) is 101 cm³/mol. The summed E-state index contributed by atoms with van der Waals surface area (Å²) in [6.45, 7) is 4.60. The van der Waals surface area contributed by atoms with E-state index in [2.05, 4.69) is 16.9 Å². The van der Waals surface area contributed by atoms with Crippen molar-refractivity contribution in [2.24, 2.45) is 7.05 Å². The molecule has 8 heteroatoms. The molecule has 0 aliphatic carbocycles. The van der Waals surface area contributed by atoms with E-state index in [1.165, 1.54) is 42.0 Å². The zero-order valence-electron chi connectivity index (χ0n) is 15.2. The molecule has 1 unspecified atom stereocenters. The highest BCUT2D eigenvalue weighted by atomic mass is 32.2. The minimum Gasteiger partial charge on any atom is -0.393 e. The second-order valence-corrected chi connectivity index (χ2v) is 7.45. The van der Waals surface area contributed by atoms with Crippen molar-refractivity contribution >= 4 is 22.9 Å². The molecule has 0 bridgehead atoms. The SMILES string of the molecule is CCCCCCCCn1c(SCC(C)O)nc2c1c(=O)[nH]c(=O)n2C. The van der Waals surface area contributed by atoms with Gasteiger partial charge in [0.1, 0.15) is 0 Å². The second kappa shape index (κ2) is 9.24. The lowest BCUT2D eigenvalue weighted by atomic mass is 10.1. The smallest absolute Gasteiger partial charge is 0.329 e. The Morgan fingerprint density at radius 3 is 2.56 bits per heavy atom. The molecule has 2 aromatic rings. The number of hydrogen-bond acceptors (Lipinski definition) is 5. The third-order valence-electron chi connectivity index (χ3n) is 4.16. The number of aliphatic hydroxyl groups is 1. The summed E-state index contributed by atoms with van der Waals surface area (Å²) in [6.07, 6.45) is 6.49. The summed E-state index contributed by atoms with van der Waals surface area (Å²) in [5, 5.41) is 10.2. The van der Waals surface area contributed by atoms with Crippen LogP contribution in [0.2, 0.25) is 0 Å². The first-order valence-corrected chi connectivity index (χ1v) is 9.94. The molecule has 0 aliphatic heterocycles. The van der Waals surface area contributed by atoms with Crippen LogP contribution in [0.25, 0.3) is 11.2 Å². The number of thioether (sulfide) groups is 1. The summed E-state index contributed by atoms with van der Waals surface area (Å²) < 4.78 is 3.25. The molecule has 0 saturated heterocycles. The fourth-order valence-corrected chi connectivity index (χ4v) is 3.66. The maximum Gasteiger partial charge on any atom is 0.329 e. The lowest BCUT2D eigenvalue weighted by molar-refractivity contribution is 0.220. The largest absolute Gasteiger partial charge is 0.393 e. The number of aromatic nitrogens is 4. The monoisotopic (exact) mass is 368 g/mol. The number of aryl methyl sites for hydroxylation is 2. The summed E-state index contributed by atoms with van der Waals surface area (Å²) in [4.78, 5) is 31.0. The first-order valence-electron chi connectivity index (χ1n) is 8.96. The Morgan fingerprint density at radius 1 is 1.20 bits per heavy atom. The minimum atomic E-state index is -0.464. The molecule has 1 atom stereocenters. The van der Waals surface area contributed by atoms with Crippen LogP contribution in [-0.4, -0.2) is 36.1 Å². The normalized spacial score (nSPS) is 12.8. The van der Waals surface area contributed by atoms with Crippen molar-refractivity contribution in [3.05, 3.63) is 20.8 Å². The molecule has 0 spiro atoms. The topological polar surface area (TPSA) is 92.9 Å². The summed E-state index contributed by atoms with van der Waals surface area (Å²) in [5.41, 5.74) is -0.0363. The molecule has 25 heavy (non-hydrogen) atoms. The number of aliphatic hydroxyl groups excluding tert-OH is 1. The van der Waals surface area contributed by atoms with E-state index < -0.39 is 17.4 Å². The number of H-pyrrole nitrogens is 1. The molecular formula is C17H28N4O3S. The first-order chi connectivity index (χ1) is 12.0. The molecule has 0 fully saturated rings. The molecule has 7 nitrogen and oxygen atoms in total. The van der Waals surface area contributed by atoms with Crippen LogP contribution in [0.5, 0.6) is 0 Å². The maximum absolute atomic E-state index is 12.3. The highest BCUT2D eigenvalue weighted by Gasteiger charge is 2.17. The van der Waals surface area contributed by atoms with Crippen LogP contribution in [0.15, 0.2) is 14.7 Å². The van der Waals surface area contributed by atoms with E-state index in [1.807, 2.05) is 4.57 Å². The minimum absolute atomic E-state index is 0.396. The van der Waals surface area contributed by atoms with Crippen LogP contribution in [0, 0.1) is 0 Å². The lowest BCUT2D eigenvalue weighted by Gasteiger charge is -2.09. The van der Waals surface area contributed by atoms with Gasteiger partial charge in [-0.25, -0.2) is 9.78 Å². The molecule has 0 aliphatic rings. The van der Waals surface area contributed by atoms with Gasteiger partial charge < -0.3 is 9.67 Å². The Hall–Kier alpha value is -1.54. The summed E-state index contributed by atoms with van der Waals surface area (Å²) in [6, 6.07) is 0. The molecule has 0 radical (unpaired) electrons. The Bertz CT molecular complexity index is 807. The zero-order valence-corrected chi connectivity index (χ0v) is 16.1. The van der Waals surface area contributed by atoms with Crippen molar-refractivity contribution < 1.29 is 5.11 Å². The molecule has 2 aromatic heterocycles. The van der Waals surface area contributed by atoms with Crippen molar-refractivity contribution in [2.75, 3.05) is 5.75 Å². The van der Waals surface area contributed by atoms with Crippen LogP contribution in [-0.2, 0) is 13.6 Å². The Morgan fingerprint density at radius 2 is 1.88 bits per heavy atom. The van der Waals surface area contributed by atoms with Gasteiger partial charge >= 0.3 is 5.69 Å². The Balaban J connectivity index is 2.27. The third kappa shape index (κ3) is 4.98. The van der Waals surface area contributed by atoms with Gasteiger partial charge in [-0.1, -0.05) is 50.8 Å². The molecule has 140 valence electrons. The van der Waals surface area contributed by atoms with Gasteiger partial charge in [-0.3, -0.25) is 14.3 Å². The van der Waals surface area contributed by atoms with Crippen LogP contribution >= 0.6 is 11.8 Å². The fraction of sp³-hybridized carbons (Fsp3) is 0.706. The van der Waals surface area contributed by atoms with Crippen molar-refractivity contribution in [3.63, 3.8) is 0 Å². The molecule has 0 aromatic carbocycles. The number of rotatable bonds is 10. The predicted octanol–water partition coefficient (Wildman–Crippen LogP) is 2.26. The van der Waals surface area contributed by atoms with Crippen LogP contribution in [0.4, 0.5) is 0 Å². The number of fused-ring (bicyclic) bond motifs is 1. The van der Waals surface area contributed by atoms with Crippen LogP contribution in [0.1, 0.15) is 52.4 Å². The highest BCUT2D eigenvalue weighted by Crippen LogP contribution is 2.23. The fourth-order valence-electron chi connectivity index (χ4n) is 2.78. The second-order valence-electron chi connectivity index (χ2n) is 6.46. The van der Waals surface area contributed by atoms with Crippen molar-refractivity contribution in [3.8, 4) is 0 Å². The van der Waals surface area contributed by atoms with E-state index in [1.54, 1.807) is 14.0 Å². The van der Waals surface area contributed by atoms with Gasteiger partial charge in [0.15, 0.2) is 16.3 Å². The molecular weight excluding hydrogens is 340 g/mol. The Kier molecular flexibility index (Phi) is 7.31. The van der Waals surface area contributed by atoms with Crippen molar-refractivity contribution in [1.82, 2.24) is 19.1 Å². The van der Waals surface area contributed by atoms with E-state index in [-0.39, 0.29) is 0 Å². The van der Waals surface area contributed by atoms with Crippen LogP contribution < -0.4 is 11.2 Å².